The maximum Gasteiger partial charge on any atom is 0.311 e. The molecule has 1 heterocycles. The zero-order chi connectivity index (χ0) is 26.6. The first-order chi connectivity index (χ1) is 18.4. The summed E-state index contributed by atoms with van der Waals surface area (Å²) in [5.41, 5.74) is 3.66. The normalized spacial score (nSPS) is 14.9. The van der Waals surface area contributed by atoms with Crippen LogP contribution in [0.4, 0.5) is 11.4 Å². The average Bonchev–Trinajstić information content (AvgIpc) is 3.31. The SMILES string of the molecule is Cc1ccc(Oc2ccc(N3C[C@H](C(=O)OCC(=O)Nc4cccc5ccccc45)CC3=O)cc2)cc1C. The fourth-order valence-electron chi connectivity index (χ4n) is 4.50. The smallest absolute Gasteiger partial charge is 0.311 e. The molecule has 7 nitrogen and oxygen atoms in total. The third-order valence-electron chi connectivity index (χ3n) is 6.73. The molecule has 0 aliphatic carbocycles. The number of fused-ring (bicyclic) bond motifs is 1. The third-order valence-corrected chi connectivity index (χ3v) is 6.73. The Balaban J connectivity index is 1.15. The van der Waals surface area contributed by atoms with Crippen molar-refractivity contribution < 1.29 is 23.9 Å². The van der Waals surface area contributed by atoms with Crippen molar-refractivity contribution in [1.82, 2.24) is 0 Å². The molecule has 4 aromatic carbocycles. The fraction of sp³-hybridized carbons (Fsp3) is 0.194. The summed E-state index contributed by atoms with van der Waals surface area (Å²) in [6, 6.07) is 26.4. The van der Waals surface area contributed by atoms with Gasteiger partial charge in [-0.2, -0.15) is 0 Å². The molecule has 1 saturated heterocycles. The predicted molar refractivity (Wildman–Crippen MR) is 146 cm³/mol. The molecule has 1 atom stereocenters. The number of amides is 2. The standard InChI is InChI=1S/C31H28N2O5/c1-20-10-13-26(16-21(20)2)38-25-14-11-24(12-15-25)33-18-23(17-30(33)35)31(36)37-19-29(34)32-28-9-5-7-22-6-3-4-8-27(22)28/h3-16,23H,17-19H2,1-2H3,(H,32,34)/t23-/m1/s1. The molecule has 192 valence electrons. The van der Waals surface area contributed by atoms with Gasteiger partial charge >= 0.3 is 5.97 Å². The first-order valence-electron chi connectivity index (χ1n) is 12.5. The number of hydrogen-bond acceptors (Lipinski definition) is 5. The van der Waals surface area contributed by atoms with Crippen LogP contribution in [-0.2, 0) is 19.1 Å². The van der Waals surface area contributed by atoms with Gasteiger partial charge in [0.15, 0.2) is 6.61 Å². The Morgan fingerprint density at radius 3 is 2.42 bits per heavy atom. The maximum absolute atomic E-state index is 12.6. The predicted octanol–water partition coefficient (Wildman–Crippen LogP) is 5.78. The molecule has 1 aliphatic rings. The minimum Gasteiger partial charge on any atom is -0.457 e. The lowest BCUT2D eigenvalue weighted by Crippen LogP contribution is -2.28. The first-order valence-corrected chi connectivity index (χ1v) is 12.5. The van der Waals surface area contributed by atoms with Crippen LogP contribution in [0.2, 0.25) is 0 Å². The molecule has 1 aliphatic heterocycles. The summed E-state index contributed by atoms with van der Waals surface area (Å²) in [6.07, 6.45) is 0.0324. The minimum atomic E-state index is -0.640. The number of anilines is 2. The molecule has 1 fully saturated rings. The number of benzene rings is 4. The summed E-state index contributed by atoms with van der Waals surface area (Å²) >= 11 is 0. The van der Waals surface area contributed by atoms with Gasteiger partial charge < -0.3 is 19.7 Å². The van der Waals surface area contributed by atoms with Gasteiger partial charge in [-0.05, 0) is 72.8 Å². The summed E-state index contributed by atoms with van der Waals surface area (Å²) in [7, 11) is 0. The first kappa shape index (κ1) is 25.0. The zero-order valence-electron chi connectivity index (χ0n) is 21.3. The molecule has 38 heavy (non-hydrogen) atoms. The highest BCUT2D eigenvalue weighted by molar-refractivity contribution is 6.03. The zero-order valence-corrected chi connectivity index (χ0v) is 21.3. The molecular weight excluding hydrogens is 480 g/mol. The van der Waals surface area contributed by atoms with Crippen LogP contribution < -0.4 is 15.0 Å². The second-order valence-corrected chi connectivity index (χ2v) is 9.43. The van der Waals surface area contributed by atoms with Gasteiger partial charge in [-0.3, -0.25) is 14.4 Å². The van der Waals surface area contributed by atoms with E-state index in [4.69, 9.17) is 9.47 Å². The van der Waals surface area contributed by atoms with Gasteiger partial charge in [0.2, 0.25) is 5.91 Å². The van der Waals surface area contributed by atoms with Crippen molar-refractivity contribution in [3.63, 3.8) is 0 Å². The second kappa shape index (κ2) is 10.8. The lowest BCUT2D eigenvalue weighted by molar-refractivity contribution is -0.151. The number of nitrogens with zero attached hydrogens (tertiary/aromatic N) is 1. The molecular formula is C31H28N2O5. The molecule has 0 radical (unpaired) electrons. The van der Waals surface area contributed by atoms with E-state index in [1.165, 1.54) is 5.56 Å². The average molecular weight is 509 g/mol. The Bertz CT molecular complexity index is 1510. The number of ether oxygens (including phenoxy) is 2. The second-order valence-electron chi connectivity index (χ2n) is 9.43. The molecule has 0 bridgehead atoms. The van der Waals surface area contributed by atoms with Crippen LogP contribution in [0.25, 0.3) is 10.8 Å². The highest BCUT2D eigenvalue weighted by atomic mass is 16.5. The monoisotopic (exact) mass is 508 g/mol. The molecule has 0 aromatic heterocycles. The van der Waals surface area contributed by atoms with Crippen LogP contribution in [0.3, 0.4) is 0 Å². The number of nitrogens with one attached hydrogen (secondary N) is 1. The van der Waals surface area contributed by atoms with Crippen molar-refractivity contribution >= 4 is 39.9 Å². The molecule has 0 unspecified atom stereocenters. The van der Waals surface area contributed by atoms with E-state index < -0.39 is 24.4 Å². The molecule has 0 spiro atoms. The van der Waals surface area contributed by atoms with E-state index in [1.807, 2.05) is 68.4 Å². The Labute approximate surface area is 221 Å². The van der Waals surface area contributed by atoms with Crippen LogP contribution in [0.1, 0.15) is 17.5 Å². The maximum atomic E-state index is 12.6. The lowest BCUT2D eigenvalue weighted by Gasteiger charge is -2.17. The number of aryl methyl sites for hydroxylation is 2. The van der Waals surface area contributed by atoms with Crippen molar-refractivity contribution in [3.05, 3.63) is 96.1 Å². The van der Waals surface area contributed by atoms with Gasteiger partial charge in [0.1, 0.15) is 11.5 Å². The van der Waals surface area contributed by atoms with E-state index >= 15 is 0 Å². The molecule has 2 amide bonds. The Hall–Kier alpha value is -4.65. The van der Waals surface area contributed by atoms with Crippen molar-refractivity contribution in [2.24, 2.45) is 5.92 Å². The van der Waals surface area contributed by atoms with Crippen LogP contribution >= 0.6 is 0 Å². The topological polar surface area (TPSA) is 84.9 Å². The summed E-state index contributed by atoms with van der Waals surface area (Å²) in [4.78, 5) is 39.3. The van der Waals surface area contributed by atoms with Crippen LogP contribution in [0, 0.1) is 19.8 Å². The highest BCUT2D eigenvalue weighted by Gasteiger charge is 2.36. The van der Waals surface area contributed by atoms with Gasteiger partial charge in [0.05, 0.1) is 5.92 Å². The number of carbonyl (C=O) groups is 3. The van der Waals surface area contributed by atoms with Gasteiger partial charge in [-0.25, -0.2) is 0 Å². The molecule has 0 saturated carbocycles. The van der Waals surface area contributed by atoms with E-state index in [-0.39, 0.29) is 18.9 Å². The number of hydrogen-bond donors (Lipinski definition) is 1. The highest BCUT2D eigenvalue weighted by Crippen LogP contribution is 2.30. The molecule has 5 rings (SSSR count). The van der Waals surface area contributed by atoms with Crippen molar-refractivity contribution in [2.75, 3.05) is 23.4 Å². The van der Waals surface area contributed by atoms with Crippen LogP contribution in [0.5, 0.6) is 11.5 Å². The van der Waals surface area contributed by atoms with Crippen molar-refractivity contribution in [3.8, 4) is 11.5 Å². The lowest BCUT2D eigenvalue weighted by atomic mass is 10.1. The van der Waals surface area contributed by atoms with E-state index in [0.717, 1.165) is 22.1 Å². The third kappa shape index (κ3) is 5.52. The molecule has 7 heteroatoms. The van der Waals surface area contributed by atoms with E-state index in [9.17, 15) is 14.4 Å². The number of esters is 1. The molecule has 1 N–H and O–H groups in total. The number of rotatable bonds is 7. The summed E-state index contributed by atoms with van der Waals surface area (Å²) in [5, 5.41) is 4.69. The summed E-state index contributed by atoms with van der Waals surface area (Å²) in [6.45, 7) is 3.85. The number of carbonyl (C=O) groups excluding carboxylic acids is 3. The summed E-state index contributed by atoms with van der Waals surface area (Å²) in [5.74, 6) is -0.421. The Kier molecular flexibility index (Phi) is 7.09. The van der Waals surface area contributed by atoms with Crippen molar-refractivity contribution in [1.29, 1.82) is 0 Å². The van der Waals surface area contributed by atoms with Crippen LogP contribution in [-0.4, -0.2) is 30.9 Å². The minimum absolute atomic E-state index is 0.0324. The van der Waals surface area contributed by atoms with Gasteiger partial charge in [0.25, 0.3) is 5.91 Å². The van der Waals surface area contributed by atoms with E-state index in [0.29, 0.717) is 17.1 Å². The largest absolute Gasteiger partial charge is 0.457 e. The van der Waals surface area contributed by atoms with Gasteiger partial charge in [0, 0.05) is 29.7 Å². The van der Waals surface area contributed by atoms with Gasteiger partial charge in [-0.15, -0.1) is 0 Å². The fourth-order valence-corrected chi connectivity index (χ4v) is 4.50. The molecule has 4 aromatic rings. The Morgan fingerprint density at radius 1 is 0.895 bits per heavy atom. The van der Waals surface area contributed by atoms with Crippen LogP contribution in [0.15, 0.2) is 84.9 Å². The van der Waals surface area contributed by atoms with Gasteiger partial charge in [-0.1, -0.05) is 42.5 Å². The summed E-state index contributed by atoms with van der Waals surface area (Å²) < 4.78 is 11.2. The van der Waals surface area contributed by atoms with E-state index in [1.54, 1.807) is 35.2 Å². The Morgan fingerprint density at radius 2 is 1.63 bits per heavy atom. The van der Waals surface area contributed by atoms with E-state index in [2.05, 4.69) is 5.32 Å². The van der Waals surface area contributed by atoms with Crippen molar-refractivity contribution in [2.45, 2.75) is 20.3 Å². The quantitative estimate of drug-likeness (QED) is 0.320.